The highest BCUT2D eigenvalue weighted by molar-refractivity contribution is 5.94. The Morgan fingerprint density at radius 1 is 1.19 bits per heavy atom. The molecule has 2 aromatic rings. The SMILES string of the molecule is CC1(C(=O)Cc2cc(C(=O)NCc3cccc(C(F)(F)F)c3)ccn2)CC1. The predicted molar refractivity (Wildman–Crippen MR) is 92.9 cm³/mol. The Bertz CT molecular complexity index is 874. The first-order valence-electron chi connectivity index (χ1n) is 8.60. The molecule has 1 fully saturated rings. The van der Waals surface area contributed by atoms with E-state index in [1.54, 1.807) is 6.07 Å². The molecule has 27 heavy (non-hydrogen) atoms. The summed E-state index contributed by atoms with van der Waals surface area (Å²) in [6.07, 6.45) is -1.04. The monoisotopic (exact) mass is 376 g/mol. The maximum absolute atomic E-state index is 12.7. The van der Waals surface area contributed by atoms with Gasteiger partial charge in [-0.1, -0.05) is 19.1 Å². The Balaban J connectivity index is 1.63. The summed E-state index contributed by atoms with van der Waals surface area (Å²) in [7, 11) is 0. The van der Waals surface area contributed by atoms with Crippen molar-refractivity contribution in [3.05, 3.63) is 65.0 Å². The smallest absolute Gasteiger partial charge is 0.348 e. The van der Waals surface area contributed by atoms with Crippen LogP contribution in [-0.2, 0) is 23.9 Å². The van der Waals surface area contributed by atoms with Gasteiger partial charge in [0.25, 0.3) is 5.91 Å². The topological polar surface area (TPSA) is 59.1 Å². The van der Waals surface area contributed by atoms with E-state index in [9.17, 15) is 22.8 Å². The lowest BCUT2D eigenvalue weighted by Gasteiger charge is -2.10. The fourth-order valence-electron chi connectivity index (χ4n) is 2.70. The van der Waals surface area contributed by atoms with Gasteiger partial charge >= 0.3 is 6.18 Å². The molecular formula is C20H19F3N2O2. The van der Waals surface area contributed by atoms with Gasteiger partial charge in [-0.2, -0.15) is 13.2 Å². The van der Waals surface area contributed by atoms with Crippen molar-refractivity contribution in [1.82, 2.24) is 10.3 Å². The fourth-order valence-corrected chi connectivity index (χ4v) is 2.70. The van der Waals surface area contributed by atoms with E-state index in [1.807, 2.05) is 6.92 Å². The Hall–Kier alpha value is -2.70. The number of amides is 1. The van der Waals surface area contributed by atoms with Gasteiger partial charge in [0.15, 0.2) is 0 Å². The van der Waals surface area contributed by atoms with E-state index in [-0.39, 0.29) is 24.2 Å². The van der Waals surface area contributed by atoms with Crippen molar-refractivity contribution in [3.63, 3.8) is 0 Å². The zero-order valence-corrected chi connectivity index (χ0v) is 14.8. The molecule has 142 valence electrons. The van der Waals surface area contributed by atoms with Crippen LogP contribution in [0.1, 0.15) is 46.9 Å². The van der Waals surface area contributed by atoms with Crippen LogP contribution in [0.15, 0.2) is 42.6 Å². The summed E-state index contributed by atoms with van der Waals surface area (Å²) < 4.78 is 38.2. The van der Waals surface area contributed by atoms with Crippen LogP contribution in [0.25, 0.3) is 0 Å². The number of halogens is 3. The van der Waals surface area contributed by atoms with Crippen molar-refractivity contribution < 1.29 is 22.8 Å². The number of pyridine rings is 1. The molecule has 0 unspecified atom stereocenters. The molecular weight excluding hydrogens is 357 g/mol. The van der Waals surface area contributed by atoms with Gasteiger partial charge in [0.2, 0.25) is 0 Å². The third-order valence-corrected chi connectivity index (χ3v) is 4.80. The number of aromatic nitrogens is 1. The van der Waals surface area contributed by atoms with Crippen molar-refractivity contribution in [1.29, 1.82) is 0 Å². The van der Waals surface area contributed by atoms with Crippen LogP contribution in [0.3, 0.4) is 0 Å². The van der Waals surface area contributed by atoms with Crippen LogP contribution >= 0.6 is 0 Å². The van der Waals surface area contributed by atoms with Crippen LogP contribution in [-0.4, -0.2) is 16.7 Å². The van der Waals surface area contributed by atoms with E-state index in [0.717, 1.165) is 25.0 Å². The minimum atomic E-state index is -4.43. The molecule has 0 aliphatic heterocycles. The normalized spacial score (nSPS) is 15.3. The number of carbonyl (C=O) groups is 2. The van der Waals surface area contributed by atoms with Crippen molar-refractivity contribution >= 4 is 11.7 Å². The van der Waals surface area contributed by atoms with Gasteiger partial charge in [-0.25, -0.2) is 0 Å². The van der Waals surface area contributed by atoms with Crippen LogP contribution in [0, 0.1) is 5.41 Å². The Morgan fingerprint density at radius 3 is 2.59 bits per heavy atom. The average molecular weight is 376 g/mol. The molecule has 0 saturated heterocycles. The van der Waals surface area contributed by atoms with Gasteiger partial charge in [-0.15, -0.1) is 0 Å². The minimum absolute atomic E-state index is 0.0303. The zero-order valence-electron chi connectivity index (χ0n) is 14.8. The van der Waals surface area contributed by atoms with Crippen LogP contribution in [0.2, 0.25) is 0 Å². The highest BCUT2D eigenvalue weighted by Gasteiger charge is 2.44. The molecule has 1 heterocycles. The summed E-state index contributed by atoms with van der Waals surface area (Å²) in [6, 6.07) is 7.87. The molecule has 0 spiro atoms. The van der Waals surface area contributed by atoms with Crippen LogP contribution in [0.5, 0.6) is 0 Å². The van der Waals surface area contributed by atoms with Gasteiger partial charge in [-0.3, -0.25) is 14.6 Å². The third kappa shape index (κ3) is 4.72. The summed E-state index contributed by atoms with van der Waals surface area (Å²) in [5.41, 5.74) is 0.168. The maximum atomic E-state index is 12.7. The molecule has 1 aromatic heterocycles. The number of nitrogens with one attached hydrogen (secondary N) is 1. The molecule has 1 N–H and O–H groups in total. The van der Waals surface area contributed by atoms with Crippen molar-refractivity contribution in [3.8, 4) is 0 Å². The molecule has 3 rings (SSSR count). The molecule has 0 bridgehead atoms. The second-order valence-corrected chi connectivity index (χ2v) is 7.08. The number of alkyl halides is 3. The molecule has 1 aliphatic rings. The second kappa shape index (κ2) is 7.13. The number of benzene rings is 1. The number of Topliss-reactive ketones (excluding diaryl/α,β-unsaturated/α-hetero) is 1. The van der Waals surface area contributed by atoms with Gasteiger partial charge in [0.1, 0.15) is 5.78 Å². The van der Waals surface area contributed by atoms with Gasteiger partial charge in [0.05, 0.1) is 5.56 Å². The number of rotatable bonds is 6. The van der Waals surface area contributed by atoms with E-state index in [4.69, 9.17) is 0 Å². The summed E-state index contributed by atoms with van der Waals surface area (Å²) in [5, 5.41) is 2.60. The Labute approximate surface area is 154 Å². The second-order valence-electron chi connectivity index (χ2n) is 7.08. The fraction of sp³-hybridized carbons (Fsp3) is 0.350. The summed E-state index contributed by atoms with van der Waals surface area (Å²) in [4.78, 5) is 28.6. The average Bonchev–Trinajstić information content (AvgIpc) is 3.38. The lowest BCUT2D eigenvalue weighted by molar-refractivity contribution is -0.137. The van der Waals surface area contributed by atoms with E-state index in [2.05, 4.69) is 10.3 Å². The van der Waals surface area contributed by atoms with E-state index in [1.165, 1.54) is 24.4 Å². The summed E-state index contributed by atoms with van der Waals surface area (Å²) in [5.74, 6) is -0.322. The van der Waals surface area contributed by atoms with Crippen LogP contribution in [0.4, 0.5) is 13.2 Å². The van der Waals surface area contributed by atoms with Crippen molar-refractivity contribution in [2.45, 2.75) is 38.9 Å². The molecule has 0 radical (unpaired) electrons. The molecule has 1 saturated carbocycles. The molecule has 1 aliphatic carbocycles. The highest BCUT2D eigenvalue weighted by atomic mass is 19.4. The zero-order chi connectivity index (χ0) is 19.7. The standard InChI is InChI=1S/C20H19F3N2O2/c1-19(6-7-19)17(26)11-16-10-14(5-8-24-16)18(27)25-12-13-3-2-4-15(9-13)20(21,22)23/h2-5,8-10H,6-7,11-12H2,1H3,(H,25,27). The summed E-state index contributed by atoms with van der Waals surface area (Å²) in [6.45, 7) is 1.89. The molecule has 4 nitrogen and oxygen atoms in total. The molecule has 7 heteroatoms. The van der Waals surface area contributed by atoms with Gasteiger partial charge < -0.3 is 5.32 Å². The first-order chi connectivity index (χ1) is 12.7. The third-order valence-electron chi connectivity index (χ3n) is 4.80. The maximum Gasteiger partial charge on any atom is 0.416 e. The molecule has 1 aromatic carbocycles. The predicted octanol–water partition coefficient (Wildman–Crippen LogP) is 3.94. The highest BCUT2D eigenvalue weighted by Crippen LogP contribution is 2.46. The van der Waals surface area contributed by atoms with E-state index < -0.39 is 17.6 Å². The number of ketones is 1. The lowest BCUT2D eigenvalue weighted by Crippen LogP contribution is -2.23. The minimum Gasteiger partial charge on any atom is -0.348 e. The lowest BCUT2D eigenvalue weighted by atomic mass is 9.99. The Kier molecular flexibility index (Phi) is 5.04. The quantitative estimate of drug-likeness (QED) is 0.831. The van der Waals surface area contributed by atoms with E-state index in [0.29, 0.717) is 16.8 Å². The van der Waals surface area contributed by atoms with Crippen LogP contribution < -0.4 is 5.32 Å². The first-order valence-corrected chi connectivity index (χ1v) is 8.60. The van der Waals surface area contributed by atoms with E-state index >= 15 is 0 Å². The molecule has 1 amide bonds. The largest absolute Gasteiger partial charge is 0.416 e. The number of carbonyl (C=O) groups excluding carboxylic acids is 2. The first kappa shape index (κ1) is 19.1. The van der Waals surface area contributed by atoms with Gasteiger partial charge in [0, 0.05) is 35.8 Å². The number of nitrogens with zero attached hydrogens (tertiary/aromatic N) is 1. The summed E-state index contributed by atoms with van der Waals surface area (Å²) >= 11 is 0. The van der Waals surface area contributed by atoms with Gasteiger partial charge in [-0.05, 0) is 42.7 Å². The van der Waals surface area contributed by atoms with Crippen molar-refractivity contribution in [2.75, 3.05) is 0 Å². The van der Waals surface area contributed by atoms with Crippen molar-refractivity contribution in [2.24, 2.45) is 5.41 Å². The number of hydrogen-bond donors (Lipinski definition) is 1. The molecule has 0 atom stereocenters. The Morgan fingerprint density at radius 2 is 1.93 bits per heavy atom. The number of hydrogen-bond acceptors (Lipinski definition) is 3.